The van der Waals surface area contributed by atoms with Crippen LogP contribution in [0, 0.1) is 0 Å². The number of nitrogens with zero attached hydrogens (tertiary/aromatic N) is 3. The number of ether oxygens (including phenoxy) is 2. The topological polar surface area (TPSA) is 91.6 Å². The molecule has 9 heteroatoms. The smallest absolute Gasteiger partial charge is 0.224 e. The van der Waals surface area contributed by atoms with Crippen LogP contribution in [0.2, 0.25) is 0 Å². The molecule has 1 amide bonds. The minimum Gasteiger partial charge on any atom is -0.469 e. The third-order valence-electron chi connectivity index (χ3n) is 5.96. The molecule has 0 bridgehead atoms. The number of likely N-dealkylation sites (tertiary alicyclic amines) is 1. The van der Waals surface area contributed by atoms with Gasteiger partial charge >= 0.3 is 0 Å². The number of nitrogens with one attached hydrogen (secondary N) is 2. The highest BCUT2D eigenvalue weighted by atomic mass is 16.5. The van der Waals surface area contributed by atoms with Gasteiger partial charge in [-0.15, -0.1) is 0 Å². The number of rotatable bonds is 11. The summed E-state index contributed by atoms with van der Waals surface area (Å²) in [5.74, 6) is 1.99. The van der Waals surface area contributed by atoms with Gasteiger partial charge in [0, 0.05) is 65.4 Å². The number of furan rings is 1. The van der Waals surface area contributed by atoms with Crippen molar-refractivity contribution in [1.29, 1.82) is 0 Å². The van der Waals surface area contributed by atoms with Crippen molar-refractivity contribution < 1.29 is 18.7 Å². The molecule has 0 aromatic carbocycles. The minimum absolute atomic E-state index is 0.180. The molecular formula is C23H39N5O4. The Morgan fingerprint density at radius 2 is 2.06 bits per heavy atom. The van der Waals surface area contributed by atoms with Crippen LogP contribution >= 0.6 is 0 Å². The Morgan fingerprint density at radius 1 is 1.25 bits per heavy atom. The lowest BCUT2D eigenvalue weighted by molar-refractivity contribution is -0.133. The second-order valence-corrected chi connectivity index (χ2v) is 8.34. The quantitative estimate of drug-likeness (QED) is 0.297. The Kier molecular flexibility index (Phi) is 10.8. The predicted molar refractivity (Wildman–Crippen MR) is 124 cm³/mol. The number of piperidine rings is 1. The molecule has 3 heterocycles. The number of amides is 1. The van der Waals surface area contributed by atoms with Crippen LogP contribution in [0.4, 0.5) is 0 Å². The lowest BCUT2D eigenvalue weighted by Gasteiger charge is -2.33. The van der Waals surface area contributed by atoms with Crippen LogP contribution in [0.25, 0.3) is 0 Å². The molecule has 9 nitrogen and oxygen atoms in total. The van der Waals surface area contributed by atoms with Crippen molar-refractivity contribution in [3.8, 4) is 0 Å². The first-order valence-corrected chi connectivity index (χ1v) is 11.9. The van der Waals surface area contributed by atoms with E-state index in [1.54, 1.807) is 13.4 Å². The molecule has 2 aliphatic heterocycles. The minimum atomic E-state index is 0.180. The molecule has 0 saturated carbocycles. The van der Waals surface area contributed by atoms with E-state index < -0.39 is 0 Å². The molecular weight excluding hydrogens is 410 g/mol. The summed E-state index contributed by atoms with van der Waals surface area (Å²) < 4.78 is 15.9. The summed E-state index contributed by atoms with van der Waals surface area (Å²) in [4.78, 5) is 21.4. The Morgan fingerprint density at radius 3 is 2.78 bits per heavy atom. The number of methoxy groups -OCH3 is 1. The molecule has 32 heavy (non-hydrogen) atoms. The Balaban J connectivity index is 1.43. The van der Waals surface area contributed by atoms with Crippen LogP contribution in [-0.2, 0) is 20.7 Å². The maximum absolute atomic E-state index is 12.2. The van der Waals surface area contributed by atoms with Gasteiger partial charge in [-0.1, -0.05) is 0 Å². The number of aliphatic imine (C=N–C) groups is 1. The normalized spacial score (nSPS) is 18.7. The third kappa shape index (κ3) is 8.80. The highest BCUT2D eigenvalue weighted by Gasteiger charge is 2.23. The molecule has 2 fully saturated rings. The van der Waals surface area contributed by atoms with Crippen LogP contribution in [-0.4, -0.2) is 100 Å². The number of carbonyl (C=O) groups is 1. The SMILES string of the molecule is COCCC(=O)N1CCC(NC(=NCCCN2CCOCC2)NCCc2ccco2)CC1. The van der Waals surface area contributed by atoms with E-state index in [0.29, 0.717) is 19.1 Å². The van der Waals surface area contributed by atoms with E-state index in [0.717, 1.165) is 96.4 Å². The predicted octanol–water partition coefficient (Wildman–Crippen LogP) is 1.11. The fourth-order valence-electron chi connectivity index (χ4n) is 4.04. The van der Waals surface area contributed by atoms with Crippen molar-refractivity contribution in [3.05, 3.63) is 24.2 Å². The van der Waals surface area contributed by atoms with Crippen molar-refractivity contribution in [2.45, 2.75) is 38.1 Å². The van der Waals surface area contributed by atoms with Crippen molar-refractivity contribution in [3.63, 3.8) is 0 Å². The van der Waals surface area contributed by atoms with E-state index in [2.05, 4.69) is 15.5 Å². The van der Waals surface area contributed by atoms with Gasteiger partial charge < -0.3 is 29.4 Å². The first kappa shape index (κ1) is 24.5. The highest BCUT2D eigenvalue weighted by molar-refractivity contribution is 5.80. The monoisotopic (exact) mass is 449 g/mol. The van der Waals surface area contributed by atoms with Gasteiger partial charge in [-0.25, -0.2) is 0 Å². The standard InChI is InChI=1S/C23H39N5O4/c1-30-17-8-22(29)28-12-6-20(7-13-28)26-23(25-10-5-21-4-2-16-32-21)24-9-3-11-27-14-18-31-19-15-27/h2,4,16,20H,3,5-15,17-19H2,1H3,(H2,24,25,26). The maximum atomic E-state index is 12.2. The van der Waals surface area contributed by atoms with E-state index in [-0.39, 0.29) is 5.91 Å². The molecule has 2 saturated heterocycles. The van der Waals surface area contributed by atoms with Gasteiger partial charge in [-0.3, -0.25) is 14.7 Å². The van der Waals surface area contributed by atoms with Crippen molar-refractivity contribution in [2.75, 3.05) is 72.7 Å². The Bertz CT molecular complexity index is 668. The van der Waals surface area contributed by atoms with Crippen molar-refractivity contribution in [2.24, 2.45) is 4.99 Å². The second kappa shape index (κ2) is 14.1. The first-order valence-electron chi connectivity index (χ1n) is 11.9. The number of morpholine rings is 1. The Hall–Kier alpha value is -2.10. The summed E-state index contributed by atoms with van der Waals surface area (Å²) in [6.45, 7) is 8.31. The summed E-state index contributed by atoms with van der Waals surface area (Å²) in [5.41, 5.74) is 0. The zero-order chi connectivity index (χ0) is 22.4. The van der Waals surface area contributed by atoms with Gasteiger partial charge in [-0.2, -0.15) is 0 Å². The molecule has 180 valence electrons. The largest absolute Gasteiger partial charge is 0.469 e. The van der Waals surface area contributed by atoms with E-state index in [9.17, 15) is 4.79 Å². The van der Waals surface area contributed by atoms with Crippen LogP contribution in [0.15, 0.2) is 27.8 Å². The van der Waals surface area contributed by atoms with Gasteiger partial charge in [0.05, 0.1) is 32.5 Å². The number of hydrogen-bond donors (Lipinski definition) is 2. The zero-order valence-electron chi connectivity index (χ0n) is 19.4. The number of hydrogen-bond acceptors (Lipinski definition) is 6. The molecule has 1 aromatic rings. The number of carbonyl (C=O) groups excluding carboxylic acids is 1. The molecule has 0 aliphatic carbocycles. The van der Waals surface area contributed by atoms with E-state index in [1.807, 2.05) is 17.0 Å². The summed E-state index contributed by atoms with van der Waals surface area (Å²) in [6.07, 6.45) is 5.84. The number of guanidine groups is 1. The molecule has 0 spiro atoms. The fraction of sp³-hybridized carbons (Fsp3) is 0.739. The van der Waals surface area contributed by atoms with Gasteiger partial charge in [0.15, 0.2) is 5.96 Å². The molecule has 2 aliphatic rings. The molecule has 0 atom stereocenters. The van der Waals surface area contributed by atoms with Crippen molar-refractivity contribution >= 4 is 11.9 Å². The van der Waals surface area contributed by atoms with E-state index in [1.165, 1.54) is 0 Å². The third-order valence-corrected chi connectivity index (χ3v) is 5.96. The lowest BCUT2D eigenvalue weighted by atomic mass is 10.0. The second-order valence-electron chi connectivity index (χ2n) is 8.34. The Labute approximate surface area is 191 Å². The average Bonchev–Trinajstić information content (AvgIpc) is 3.35. The van der Waals surface area contributed by atoms with Crippen molar-refractivity contribution in [1.82, 2.24) is 20.4 Å². The van der Waals surface area contributed by atoms with E-state index in [4.69, 9.17) is 18.9 Å². The van der Waals surface area contributed by atoms with Gasteiger partial charge in [0.1, 0.15) is 5.76 Å². The molecule has 0 radical (unpaired) electrons. The molecule has 3 rings (SSSR count). The summed E-state index contributed by atoms with van der Waals surface area (Å²) in [5, 5.41) is 7.04. The van der Waals surface area contributed by atoms with Gasteiger partial charge in [0.25, 0.3) is 0 Å². The molecule has 2 N–H and O–H groups in total. The maximum Gasteiger partial charge on any atom is 0.224 e. The average molecular weight is 450 g/mol. The first-order chi connectivity index (χ1) is 15.7. The highest BCUT2D eigenvalue weighted by Crippen LogP contribution is 2.11. The van der Waals surface area contributed by atoms with Gasteiger partial charge in [0.2, 0.25) is 5.91 Å². The van der Waals surface area contributed by atoms with Crippen LogP contribution in [0.1, 0.15) is 31.4 Å². The summed E-state index contributed by atoms with van der Waals surface area (Å²) in [6, 6.07) is 4.22. The lowest BCUT2D eigenvalue weighted by Crippen LogP contribution is -2.50. The van der Waals surface area contributed by atoms with Crippen LogP contribution < -0.4 is 10.6 Å². The fourth-order valence-corrected chi connectivity index (χ4v) is 4.04. The summed E-state index contributed by atoms with van der Waals surface area (Å²) in [7, 11) is 1.63. The van der Waals surface area contributed by atoms with Crippen LogP contribution in [0.3, 0.4) is 0 Å². The van der Waals surface area contributed by atoms with Crippen LogP contribution in [0.5, 0.6) is 0 Å². The zero-order valence-corrected chi connectivity index (χ0v) is 19.4. The molecule has 0 unspecified atom stereocenters. The van der Waals surface area contributed by atoms with Gasteiger partial charge in [-0.05, 0) is 31.4 Å². The molecule has 1 aromatic heterocycles. The summed E-state index contributed by atoms with van der Waals surface area (Å²) >= 11 is 0. The van der Waals surface area contributed by atoms with E-state index >= 15 is 0 Å².